The molecule has 0 aliphatic heterocycles. The van der Waals surface area contributed by atoms with E-state index in [0.717, 1.165) is 17.7 Å². The Labute approximate surface area is 303 Å². The number of benzene rings is 2. The molecule has 0 saturated carbocycles. The maximum atomic E-state index is 13.7. The van der Waals surface area contributed by atoms with Gasteiger partial charge in [0.2, 0.25) is 23.6 Å². The number of ether oxygens (including phenoxy) is 2. The van der Waals surface area contributed by atoms with Crippen molar-refractivity contribution in [2.24, 2.45) is 23.5 Å². The summed E-state index contributed by atoms with van der Waals surface area (Å²) < 4.78 is 46.8. The van der Waals surface area contributed by atoms with E-state index < -0.39 is 77.8 Å². The first-order chi connectivity index (χ1) is 24.3. The number of carbonyl (C=O) groups excluding carboxylic acids is 5. The van der Waals surface area contributed by atoms with Gasteiger partial charge in [-0.25, -0.2) is 4.79 Å². The zero-order valence-electron chi connectivity index (χ0n) is 30.7. The Hall–Kier alpha value is -4.66. The number of esters is 1. The van der Waals surface area contributed by atoms with Crippen LogP contribution in [0.4, 0.5) is 13.2 Å². The molecule has 0 aromatic heterocycles. The zero-order chi connectivity index (χ0) is 39.2. The lowest BCUT2D eigenvalue weighted by atomic mass is 9.94. The lowest BCUT2D eigenvalue weighted by molar-refractivity contribution is -0.274. The molecule has 6 N–H and O–H groups in total. The summed E-state index contributed by atoms with van der Waals surface area (Å²) in [5, 5.41) is 11.0. The van der Waals surface area contributed by atoms with Crippen LogP contribution in [0.5, 0.6) is 5.75 Å². The molecule has 4 amide bonds. The van der Waals surface area contributed by atoms with Gasteiger partial charge in [-0.1, -0.05) is 90.4 Å². The van der Waals surface area contributed by atoms with Crippen molar-refractivity contribution in [1.82, 2.24) is 21.3 Å². The second-order valence-electron chi connectivity index (χ2n) is 13.5. The van der Waals surface area contributed by atoms with E-state index in [1.165, 1.54) is 19.2 Å². The second-order valence-corrected chi connectivity index (χ2v) is 13.5. The van der Waals surface area contributed by atoms with E-state index in [1.54, 1.807) is 34.6 Å². The molecular weight excluding hydrogens is 683 g/mol. The Morgan fingerprint density at radius 2 is 1.33 bits per heavy atom. The van der Waals surface area contributed by atoms with Crippen molar-refractivity contribution >= 4 is 29.6 Å². The van der Waals surface area contributed by atoms with Crippen molar-refractivity contribution in [1.29, 1.82) is 0 Å². The average Bonchev–Trinajstić information content (AvgIpc) is 3.06. The lowest BCUT2D eigenvalue weighted by Crippen LogP contribution is -2.58. The minimum atomic E-state index is -4.90. The first-order valence-corrected chi connectivity index (χ1v) is 17.3. The Bertz CT molecular complexity index is 1490. The van der Waals surface area contributed by atoms with Gasteiger partial charge in [0.15, 0.2) is 0 Å². The zero-order valence-corrected chi connectivity index (χ0v) is 30.7. The highest BCUT2D eigenvalue weighted by molar-refractivity contribution is 5.91. The number of methoxy groups -OCH3 is 1. The molecule has 0 saturated heterocycles. The molecule has 2 unspecified atom stereocenters. The van der Waals surface area contributed by atoms with Crippen LogP contribution < -0.4 is 31.7 Å². The van der Waals surface area contributed by atoms with Crippen molar-refractivity contribution in [3.05, 3.63) is 65.7 Å². The summed E-state index contributed by atoms with van der Waals surface area (Å²) >= 11 is 0. The van der Waals surface area contributed by atoms with Crippen molar-refractivity contribution in [2.45, 2.75) is 104 Å². The van der Waals surface area contributed by atoms with Gasteiger partial charge >= 0.3 is 12.3 Å². The molecule has 12 nitrogen and oxygen atoms in total. The molecule has 6 atom stereocenters. The molecule has 2 aromatic carbocycles. The number of alkyl halides is 3. The largest absolute Gasteiger partial charge is 0.573 e. The van der Waals surface area contributed by atoms with E-state index in [2.05, 4.69) is 26.0 Å². The van der Waals surface area contributed by atoms with E-state index in [9.17, 15) is 37.1 Å². The highest BCUT2D eigenvalue weighted by atomic mass is 19.4. The summed E-state index contributed by atoms with van der Waals surface area (Å²) in [4.78, 5) is 65.7. The predicted molar refractivity (Wildman–Crippen MR) is 188 cm³/mol. The number of hydrogen-bond acceptors (Lipinski definition) is 8. The summed E-state index contributed by atoms with van der Waals surface area (Å²) in [6.45, 7) is 10.6. The third kappa shape index (κ3) is 14.5. The van der Waals surface area contributed by atoms with Crippen LogP contribution >= 0.6 is 0 Å². The summed E-state index contributed by atoms with van der Waals surface area (Å²) in [5.74, 6) is -4.36. The van der Waals surface area contributed by atoms with Crippen molar-refractivity contribution < 1.29 is 46.6 Å². The Balaban J connectivity index is 2.22. The predicted octanol–water partition coefficient (Wildman–Crippen LogP) is 3.56. The monoisotopic (exact) mass is 735 g/mol. The Morgan fingerprint density at radius 1 is 0.750 bits per heavy atom. The second kappa shape index (κ2) is 20.4. The highest BCUT2D eigenvalue weighted by Gasteiger charge is 2.34. The van der Waals surface area contributed by atoms with Crippen LogP contribution in [0.25, 0.3) is 0 Å². The maximum Gasteiger partial charge on any atom is 0.573 e. The van der Waals surface area contributed by atoms with Crippen molar-refractivity contribution in [3.8, 4) is 5.75 Å². The van der Waals surface area contributed by atoms with Crippen LogP contribution in [0.15, 0.2) is 54.6 Å². The Morgan fingerprint density at radius 3 is 1.88 bits per heavy atom. The third-order valence-electron chi connectivity index (χ3n) is 8.56. The van der Waals surface area contributed by atoms with Crippen LogP contribution in [-0.2, 0) is 41.6 Å². The highest BCUT2D eigenvalue weighted by Crippen LogP contribution is 2.23. The summed E-state index contributed by atoms with van der Waals surface area (Å²) in [5.41, 5.74) is 7.63. The Kier molecular flexibility index (Phi) is 17.1. The van der Waals surface area contributed by atoms with E-state index in [-0.39, 0.29) is 36.7 Å². The van der Waals surface area contributed by atoms with Gasteiger partial charge in [-0.05, 0) is 47.4 Å². The summed E-state index contributed by atoms with van der Waals surface area (Å²) in [6, 6.07) is 9.41. The SMILES string of the molecule is CC[C@H](C)[C@H](NC(=O)C[C@H](N)[C@H](Cc1ccccc1)NC(=O)C(NC(=O)Cc1cccc(OC(F)(F)F)c1)C(C)C)C(=O)NC(C(=O)OC)C(C)C. The topological polar surface area (TPSA) is 178 Å². The molecule has 0 aliphatic rings. The molecule has 0 spiro atoms. The van der Waals surface area contributed by atoms with Gasteiger partial charge in [0.05, 0.1) is 13.5 Å². The molecule has 0 aliphatic carbocycles. The van der Waals surface area contributed by atoms with Gasteiger partial charge in [0.1, 0.15) is 23.9 Å². The van der Waals surface area contributed by atoms with Crippen LogP contribution in [-0.4, -0.2) is 73.3 Å². The van der Waals surface area contributed by atoms with Gasteiger partial charge in [0.25, 0.3) is 0 Å². The molecule has 2 rings (SSSR count). The van der Waals surface area contributed by atoms with E-state index >= 15 is 0 Å². The van der Waals surface area contributed by atoms with E-state index in [4.69, 9.17) is 10.5 Å². The molecule has 0 bridgehead atoms. The number of carbonyl (C=O) groups is 5. The number of halogens is 3. The van der Waals surface area contributed by atoms with Crippen molar-refractivity contribution in [2.75, 3.05) is 7.11 Å². The molecule has 2 aromatic rings. The number of hydrogen-bond donors (Lipinski definition) is 5. The number of nitrogens with two attached hydrogens (primary N) is 1. The fourth-order valence-electron chi connectivity index (χ4n) is 5.41. The number of amides is 4. The fourth-order valence-corrected chi connectivity index (χ4v) is 5.41. The third-order valence-corrected chi connectivity index (χ3v) is 8.56. The van der Waals surface area contributed by atoms with Crippen LogP contribution in [0.3, 0.4) is 0 Å². The first kappa shape index (κ1) is 43.5. The molecular formula is C37H52F3N5O7. The van der Waals surface area contributed by atoms with Crippen LogP contribution in [0.1, 0.15) is 65.5 Å². The maximum absolute atomic E-state index is 13.7. The van der Waals surface area contributed by atoms with E-state index in [1.807, 2.05) is 37.3 Å². The van der Waals surface area contributed by atoms with Gasteiger partial charge < -0.3 is 36.5 Å². The smallest absolute Gasteiger partial charge is 0.467 e. The van der Waals surface area contributed by atoms with E-state index in [0.29, 0.717) is 6.42 Å². The quantitative estimate of drug-likeness (QED) is 0.136. The molecule has 288 valence electrons. The summed E-state index contributed by atoms with van der Waals surface area (Å²) in [7, 11) is 1.22. The molecule has 15 heteroatoms. The lowest BCUT2D eigenvalue weighted by Gasteiger charge is -2.30. The number of nitrogens with one attached hydrogen (secondary N) is 4. The van der Waals surface area contributed by atoms with Crippen LogP contribution in [0.2, 0.25) is 0 Å². The molecule has 0 radical (unpaired) electrons. The fraction of sp³-hybridized carbons (Fsp3) is 0.541. The van der Waals surface area contributed by atoms with Gasteiger partial charge in [-0.3, -0.25) is 19.2 Å². The van der Waals surface area contributed by atoms with Gasteiger partial charge in [-0.2, -0.15) is 0 Å². The standard InChI is InChI=1S/C37H52F3N5O7/c1-8-23(6)33(35(49)45-32(22(4)5)36(50)51-7)44-30(47)20-27(41)28(18-24-13-10-9-11-14-24)42-34(48)31(21(2)3)43-29(46)19-25-15-12-16-26(17-25)52-37(38,39)40/h9-17,21-23,27-28,31-33H,8,18-20,41H2,1-7H3,(H,42,48)(H,43,46)(H,44,47)(H,45,49)/t23-,27-,28-,31?,32?,33-/m0/s1. The average molecular weight is 736 g/mol. The minimum absolute atomic E-state index is 0.232. The summed E-state index contributed by atoms with van der Waals surface area (Å²) in [6.07, 6.45) is -4.72. The molecule has 0 heterocycles. The molecule has 52 heavy (non-hydrogen) atoms. The van der Waals surface area contributed by atoms with Crippen LogP contribution in [0, 0.1) is 17.8 Å². The van der Waals surface area contributed by atoms with Gasteiger partial charge in [0, 0.05) is 18.5 Å². The minimum Gasteiger partial charge on any atom is -0.467 e. The first-order valence-electron chi connectivity index (χ1n) is 17.3. The number of rotatable bonds is 19. The normalized spacial score (nSPS) is 15.0. The van der Waals surface area contributed by atoms with Crippen molar-refractivity contribution in [3.63, 3.8) is 0 Å². The molecule has 0 fully saturated rings. The van der Waals surface area contributed by atoms with Gasteiger partial charge in [-0.15, -0.1) is 13.2 Å².